The van der Waals surface area contributed by atoms with Gasteiger partial charge in [-0.1, -0.05) is 25.1 Å². The molecule has 1 atom stereocenters. The molecule has 0 radical (unpaired) electrons. The second kappa shape index (κ2) is 20.3. The van der Waals surface area contributed by atoms with Crippen LogP contribution in [0.15, 0.2) is 60.8 Å². The quantitative estimate of drug-likeness (QED) is 0.101. The van der Waals surface area contributed by atoms with Gasteiger partial charge in [0.05, 0.1) is 25.0 Å². The molecule has 3 N–H and O–H groups in total. The fourth-order valence-corrected chi connectivity index (χ4v) is 11.5. The van der Waals surface area contributed by atoms with E-state index in [4.69, 9.17) is 14.5 Å². The standard InChI is InChI=1S/C50H63N10O7P/c1-5-33-29-39(53-50-51-31-36(48(63)59-19-8-9-20-59)46(55-50)52-38-12-6-7-14-44(38)68(3,4)65)43(66-2)30-41(33)58-21-17-34(18-22-58)57-25-23-56(24-26-57)27-28-67-42-13-10-11-35-37(42)32-60(49(35)64)40-15-16-45(61)54-47(40)62/h6-7,10-14,29-31,34,40H,5,8-9,15-28,32H2,1-4H3,(H,54,61,62)(H2,51,52,53,55). The summed E-state index contributed by atoms with van der Waals surface area (Å²) in [4.78, 5) is 71.7. The van der Waals surface area contributed by atoms with E-state index in [1.54, 1.807) is 37.6 Å². The minimum Gasteiger partial charge on any atom is -0.494 e. The third-order valence-electron chi connectivity index (χ3n) is 14.1. The van der Waals surface area contributed by atoms with Crippen LogP contribution in [0.2, 0.25) is 0 Å². The van der Waals surface area contributed by atoms with Crippen LogP contribution in [0.25, 0.3) is 0 Å². The number of aromatic nitrogens is 2. The summed E-state index contributed by atoms with van der Waals surface area (Å²) >= 11 is 0. The highest BCUT2D eigenvalue weighted by Crippen LogP contribution is 2.40. The largest absolute Gasteiger partial charge is 0.494 e. The van der Waals surface area contributed by atoms with Crippen LogP contribution in [0.1, 0.15) is 77.3 Å². The van der Waals surface area contributed by atoms with Gasteiger partial charge >= 0.3 is 0 Å². The molecule has 17 nitrogen and oxygen atoms in total. The molecule has 4 fully saturated rings. The van der Waals surface area contributed by atoms with Crippen molar-refractivity contribution in [3.05, 3.63) is 83.0 Å². The average Bonchev–Trinajstić information content (AvgIpc) is 4.00. The van der Waals surface area contributed by atoms with Gasteiger partial charge in [-0.3, -0.25) is 34.3 Å². The number of aryl methyl sites for hydroxylation is 1. The number of ether oxygens (including phenoxy) is 2. The van der Waals surface area contributed by atoms with Gasteiger partial charge in [-0.05, 0) is 87.7 Å². The zero-order valence-electron chi connectivity index (χ0n) is 39.6. The lowest BCUT2D eigenvalue weighted by molar-refractivity contribution is -0.136. The number of piperidine rings is 2. The number of rotatable bonds is 15. The van der Waals surface area contributed by atoms with Crippen LogP contribution < -0.4 is 35.6 Å². The fourth-order valence-electron chi connectivity index (χ4n) is 10.3. The second-order valence-electron chi connectivity index (χ2n) is 18.7. The average molecular weight is 947 g/mol. The Kier molecular flexibility index (Phi) is 14.0. The number of hydrogen-bond acceptors (Lipinski definition) is 14. The third kappa shape index (κ3) is 10.1. The molecule has 0 spiro atoms. The van der Waals surface area contributed by atoms with E-state index in [0.717, 1.165) is 94.9 Å². The molecule has 360 valence electrons. The van der Waals surface area contributed by atoms with E-state index < -0.39 is 19.1 Å². The van der Waals surface area contributed by atoms with Crippen molar-refractivity contribution in [2.75, 3.05) is 101 Å². The van der Waals surface area contributed by atoms with Gasteiger partial charge in [0.1, 0.15) is 42.7 Å². The number of nitrogens with one attached hydrogen (secondary N) is 3. The van der Waals surface area contributed by atoms with E-state index in [9.17, 15) is 23.7 Å². The number of imide groups is 1. The second-order valence-corrected chi connectivity index (χ2v) is 21.9. The molecule has 9 rings (SSSR count). The number of fused-ring (bicyclic) bond motifs is 1. The lowest BCUT2D eigenvalue weighted by Crippen LogP contribution is -2.53. The van der Waals surface area contributed by atoms with E-state index in [1.807, 2.05) is 41.3 Å². The number of piperazine rings is 1. The van der Waals surface area contributed by atoms with E-state index in [1.165, 1.54) is 5.56 Å². The summed E-state index contributed by atoms with van der Waals surface area (Å²) < 4.78 is 25.5. The number of para-hydroxylation sites is 1. The zero-order valence-corrected chi connectivity index (χ0v) is 40.5. The monoisotopic (exact) mass is 946 g/mol. The van der Waals surface area contributed by atoms with E-state index in [0.29, 0.717) is 84.1 Å². The SMILES string of the molecule is CCc1cc(Nc2ncc(C(=O)N3CCCC3)c(Nc3ccccc3P(C)(C)=O)n2)c(OC)cc1N1CCC(N2CCN(CCOc3cccc4c3CN(C3CCC(=O)NC3=O)C4=O)CC2)CC1. The molecule has 5 aliphatic heterocycles. The summed E-state index contributed by atoms with van der Waals surface area (Å²) in [7, 11) is -0.990. The van der Waals surface area contributed by atoms with Crippen molar-refractivity contribution in [2.24, 2.45) is 0 Å². The van der Waals surface area contributed by atoms with Crippen molar-refractivity contribution in [3.63, 3.8) is 0 Å². The number of benzene rings is 3. The lowest BCUT2D eigenvalue weighted by atomic mass is 9.99. The number of hydrogen-bond donors (Lipinski definition) is 3. The van der Waals surface area contributed by atoms with Crippen molar-refractivity contribution in [3.8, 4) is 11.5 Å². The Labute approximate surface area is 398 Å². The predicted molar refractivity (Wildman–Crippen MR) is 263 cm³/mol. The first-order chi connectivity index (χ1) is 32.9. The highest BCUT2D eigenvalue weighted by atomic mass is 31.2. The summed E-state index contributed by atoms with van der Waals surface area (Å²) in [5, 5.41) is 9.80. The summed E-state index contributed by atoms with van der Waals surface area (Å²) in [5.74, 6) is 0.932. The van der Waals surface area contributed by atoms with Crippen LogP contribution in [0.3, 0.4) is 0 Å². The van der Waals surface area contributed by atoms with Crippen molar-refractivity contribution in [1.82, 2.24) is 34.9 Å². The van der Waals surface area contributed by atoms with Crippen molar-refractivity contribution in [1.29, 1.82) is 0 Å². The van der Waals surface area contributed by atoms with Crippen molar-refractivity contribution >= 4 is 64.9 Å². The Morgan fingerprint density at radius 2 is 1.65 bits per heavy atom. The van der Waals surface area contributed by atoms with Gasteiger partial charge in [-0.2, -0.15) is 4.98 Å². The molecule has 5 aliphatic rings. The maximum absolute atomic E-state index is 13.7. The Morgan fingerprint density at radius 3 is 2.37 bits per heavy atom. The maximum Gasteiger partial charge on any atom is 0.259 e. The number of methoxy groups -OCH3 is 1. The molecule has 68 heavy (non-hydrogen) atoms. The maximum atomic E-state index is 13.7. The van der Waals surface area contributed by atoms with Crippen LogP contribution in [0.4, 0.5) is 28.8 Å². The summed E-state index contributed by atoms with van der Waals surface area (Å²) in [5.41, 5.74) is 5.41. The molecule has 0 aliphatic carbocycles. The highest BCUT2D eigenvalue weighted by molar-refractivity contribution is 7.70. The third-order valence-corrected chi connectivity index (χ3v) is 15.7. The number of amides is 4. The van der Waals surface area contributed by atoms with E-state index in [-0.39, 0.29) is 24.1 Å². The molecule has 4 amide bonds. The molecule has 0 bridgehead atoms. The summed E-state index contributed by atoms with van der Waals surface area (Å²) in [6.07, 6.45) is 6.97. The fraction of sp³-hybridized carbons (Fsp3) is 0.480. The minimum atomic E-state index is -2.66. The number of likely N-dealkylation sites (tertiary alicyclic amines) is 1. The molecule has 6 heterocycles. The Morgan fingerprint density at radius 1 is 0.882 bits per heavy atom. The Bertz CT molecular complexity index is 2600. The Balaban J connectivity index is 0.797. The van der Waals surface area contributed by atoms with Crippen LogP contribution in [-0.2, 0) is 27.1 Å². The van der Waals surface area contributed by atoms with Crippen molar-refractivity contribution in [2.45, 2.75) is 70.5 Å². The van der Waals surface area contributed by atoms with Crippen LogP contribution in [-0.4, -0.2) is 151 Å². The lowest BCUT2D eigenvalue weighted by Gasteiger charge is -2.43. The first-order valence-electron chi connectivity index (χ1n) is 24.0. The van der Waals surface area contributed by atoms with Crippen LogP contribution >= 0.6 is 7.14 Å². The first kappa shape index (κ1) is 47.1. The Hall–Kier alpha value is -6.03. The molecule has 3 aromatic carbocycles. The van der Waals surface area contributed by atoms with Gasteiger partial charge in [0, 0.05) is 106 Å². The summed E-state index contributed by atoms with van der Waals surface area (Å²) in [6, 6.07) is 17.0. The van der Waals surface area contributed by atoms with Gasteiger partial charge in [0.25, 0.3) is 11.8 Å². The molecular weight excluding hydrogens is 884 g/mol. The van der Waals surface area contributed by atoms with Crippen LogP contribution in [0.5, 0.6) is 11.5 Å². The molecule has 1 unspecified atom stereocenters. The topological polar surface area (TPSA) is 182 Å². The molecular formula is C50H63N10O7P. The van der Waals surface area contributed by atoms with Gasteiger partial charge in [-0.15, -0.1) is 0 Å². The molecule has 4 saturated heterocycles. The van der Waals surface area contributed by atoms with Gasteiger partial charge in [-0.25, -0.2) is 4.98 Å². The van der Waals surface area contributed by atoms with E-state index in [2.05, 4.69) is 54.7 Å². The first-order valence-corrected chi connectivity index (χ1v) is 26.6. The van der Waals surface area contributed by atoms with Crippen molar-refractivity contribution < 1.29 is 33.2 Å². The van der Waals surface area contributed by atoms with Gasteiger partial charge in [0.15, 0.2) is 0 Å². The smallest absolute Gasteiger partial charge is 0.259 e. The molecule has 1 aromatic heterocycles. The number of carbonyl (C=O) groups excluding carboxylic acids is 4. The number of anilines is 5. The summed E-state index contributed by atoms with van der Waals surface area (Å²) in [6.45, 7) is 14.3. The van der Waals surface area contributed by atoms with Gasteiger partial charge < -0.3 is 39.4 Å². The number of nitrogens with zero attached hydrogens (tertiary/aromatic N) is 7. The minimum absolute atomic E-state index is 0.135. The zero-order chi connectivity index (χ0) is 47.5. The molecule has 4 aromatic rings. The van der Waals surface area contributed by atoms with E-state index >= 15 is 0 Å². The highest BCUT2D eigenvalue weighted by Gasteiger charge is 2.40. The molecule has 18 heteroatoms. The van der Waals surface area contributed by atoms with Gasteiger partial charge in [0.2, 0.25) is 17.8 Å². The molecule has 0 saturated carbocycles. The predicted octanol–water partition coefficient (Wildman–Crippen LogP) is 5.45. The van der Waals surface area contributed by atoms with Crippen LogP contribution in [0, 0.1) is 0 Å². The normalized spacial score (nSPS) is 19.6. The number of carbonyl (C=O) groups is 4.